The molecule has 1 N–H and O–H groups in total. The molecule has 110 valence electrons. The minimum absolute atomic E-state index is 0.245. The lowest BCUT2D eigenvalue weighted by atomic mass is 10.1. The van der Waals surface area contributed by atoms with Gasteiger partial charge in [0.15, 0.2) is 0 Å². The lowest BCUT2D eigenvalue weighted by Crippen LogP contribution is -2.40. The molecule has 0 saturated heterocycles. The highest BCUT2D eigenvalue weighted by Crippen LogP contribution is 2.25. The number of phenols is 1. The smallest absolute Gasteiger partial charge is 0.273 e. The van der Waals surface area contributed by atoms with Crippen molar-refractivity contribution in [3.63, 3.8) is 0 Å². The molecule has 1 rings (SSSR count). The summed E-state index contributed by atoms with van der Waals surface area (Å²) in [5.41, 5.74) is -0.631. The number of phenolic OH excluding ortho intramolecular Hbond substituents is 1. The number of rotatable bonds is 5. The fourth-order valence-corrected chi connectivity index (χ4v) is 1.65. The summed E-state index contributed by atoms with van der Waals surface area (Å²) in [4.78, 5) is 22.8. The van der Waals surface area contributed by atoms with Crippen molar-refractivity contribution >= 4 is 11.6 Å². The number of carbonyl (C=O) groups is 1. The highest BCUT2D eigenvalue weighted by molar-refractivity contribution is 5.97. The van der Waals surface area contributed by atoms with Crippen molar-refractivity contribution in [2.24, 2.45) is 0 Å². The van der Waals surface area contributed by atoms with Gasteiger partial charge < -0.3 is 10.0 Å². The maximum atomic E-state index is 12.4. The summed E-state index contributed by atoms with van der Waals surface area (Å²) in [5, 5.41) is 20.2. The van der Waals surface area contributed by atoms with Crippen LogP contribution in [0.1, 0.15) is 24.2 Å². The van der Waals surface area contributed by atoms with Crippen molar-refractivity contribution in [2.75, 3.05) is 6.54 Å². The molecule has 0 aromatic heterocycles. The molecule has 0 unspecified atom stereocenters. The zero-order chi connectivity index (χ0) is 15.4. The summed E-state index contributed by atoms with van der Waals surface area (Å²) in [6.45, 7) is 2.35. The Morgan fingerprint density at radius 2 is 2.05 bits per heavy atom. The van der Waals surface area contributed by atoms with Gasteiger partial charge in [0.05, 0.1) is 23.1 Å². The summed E-state index contributed by atoms with van der Waals surface area (Å²) >= 11 is 0. The van der Waals surface area contributed by atoms with Crippen LogP contribution in [0.5, 0.6) is 5.75 Å². The first-order valence-corrected chi connectivity index (χ1v) is 5.80. The second-order valence-electron chi connectivity index (χ2n) is 4.40. The molecule has 0 spiro atoms. The van der Waals surface area contributed by atoms with Gasteiger partial charge in [0, 0.05) is 12.1 Å². The summed E-state index contributed by atoms with van der Waals surface area (Å²) in [6.07, 6.45) is -2.71. The highest BCUT2D eigenvalue weighted by atomic mass is 19.3. The first-order chi connectivity index (χ1) is 9.23. The minimum Gasteiger partial charge on any atom is -0.507 e. The van der Waals surface area contributed by atoms with Gasteiger partial charge in [-0.2, -0.15) is 0 Å². The van der Waals surface area contributed by atoms with Crippen LogP contribution < -0.4 is 0 Å². The second-order valence-corrected chi connectivity index (χ2v) is 4.40. The van der Waals surface area contributed by atoms with Gasteiger partial charge in [-0.05, 0) is 19.9 Å². The Hall–Kier alpha value is -2.25. The van der Waals surface area contributed by atoms with Crippen LogP contribution in [-0.4, -0.2) is 39.8 Å². The van der Waals surface area contributed by atoms with E-state index in [1.807, 2.05) is 0 Å². The minimum atomic E-state index is -2.71. The third-order valence-electron chi connectivity index (χ3n) is 2.64. The SMILES string of the molecule is CC(C)N(CC(F)F)C(=O)c1ccc([N+](=O)[O-])cc1O. The molecular formula is C12H14F2N2O4. The molecule has 6 nitrogen and oxygen atoms in total. The molecule has 0 radical (unpaired) electrons. The molecule has 0 atom stereocenters. The standard InChI is InChI=1S/C12H14F2N2O4/c1-7(2)15(6-11(13)14)12(18)9-4-3-8(16(19)20)5-10(9)17/h3-5,7,11,17H,6H2,1-2H3. The van der Waals surface area contributed by atoms with Gasteiger partial charge in [0.25, 0.3) is 18.0 Å². The second kappa shape index (κ2) is 6.27. The van der Waals surface area contributed by atoms with Crippen LogP contribution in [0.3, 0.4) is 0 Å². The van der Waals surface area contributed by atoms with Crippen molar-refractivity contribution in [3.8, 4) is 5.75 Å². The number of amides is 1. The predicted octanol–water partition coefficient (Wildman–Crippen LogP) is 2.42. The summed E-state index contributed by atoms with van der Waals surface area (Å²) in [5.74, 6) is -1.41. The lowest BCUT2D eigenvalue weighted by Gasteiger charge is -2.26. The van der Waals surface area contributed by atoms with Gasteiger partial charge in [0.2, 0.25) is 0 Å². The van der Waals surface area contributed by atoms with Crippen LogP contribution in [0.25, 0.3) is 0 Å². The number of alkyl halides is 2. The van der Waals surface area contributed by atoms with Crippen LogP contribution >= 0.6 is 0 Å². The zero-order valence-electron chi connectivity index (χ0n) is 10.9. The molecule has 0 aliphatic heterocycles. The summed E-state index contributed by atoms with van der Waals surface area (Å²) in [6, 6.07) is 2.41. The van der Waals surface area contributed by atoms with Gasteiger partial charge in [-0.1, -0.05) is 0 Å². The van der Waals surface area contributed by atoms with Crippen LogP contribution in [0, 0.1) is 10.1 Å². The Bertz CT molecular complexity index is 520. The molecule has 0 aliphatic carbocycles. The van der Waals surface area contributed by atoms with Gasteiger partial charge in [-0.25, -0.2) is 8.78 Å². The van der Waals surface area contributed by atoms with Gasteiger partial charge in [0.1, 0.15) is 5.75 Å². The molecule has 1 amide bonds. The van der Waals surface area contributed by atoms with Crippen molar-refractivity contribution in [3.05, 3.63) is 33.9 Å². The normalized spacial score (nSPS) is 10.9. The number of benzene rings is 1. The van der Waals surface area contributed by atoms with E-state index in [0.29, 0.717) is 0 Å². The van der Waals surface area contributed by atoms with Gasteiger partial charge in [-0.3, -0.25) is 14.9 Å². The number of hydrogen-bond acceptors (Lipinski definition) is 4. The Morgan fingerprint density at radius 1 is 1.45 bits per heavy atom. The molecule has 0 bridgehead atoms. The Labute approximate surface area is 113 Å². The first kappa shape index (κ1) is 15.8. The number of non-ortho nitro benzene ring substituents is 1. The molecule has 1 aromatic carbocycles. The molecular weight excluding hydrogens is 274 g/mol. The van der Waals surface area contributed by atoms with E-state index < -0.39 is 35.6 Å². The monoisotopic (exact) mass is 288 g/mol. The number of aromatic hydroxyl groups is 1. The van der Waals surface area contributed by atoms with E-state index in [0.717, 1.165) is 23.1 Å². The maximum absolute atomic E-state index is 12.4. The van der Waals surface area contributed by atoms with Crippen molar-refractivity contribution in [1.82, 2.24) is 4.90 Å². The average molecular weight is 288 g/mol. The van der Waals surface area contributed by atoms with E-state index in [1.165, 1.54) is 0 Å². The first-order valence-electron chi connectivity index (χ1n) is 5.80. The van der Waals surface area contributed by atoms with Gasteiger partial charge in [-0.15, -0.1) is 0 Å². The third-order valence-corrected chi connectivity index (χ3v) is 2.64. The molecule has 0 aliphatic rings. The number of halogens is 2. The predicted molar refractivity (Wildman–Crippen MR) is 66.9 cm³/mol. The van der Waals surface area contributed by atoms with Crippen LogP contribution in [0.15, 0.2) is 18.2 Å². The number of nitrogens with zero attached hydrogens (tertiary/aromatic N) is 2. The molecule has 0 saturated carbocycles. The Balaban J connectivity index is 3.09. The van der Waals surface area contributed by atoms with Crippen molar-refractivity contribution in [2.45, 2.75) is 26.3 Å². The topological polar surface area (TPSA) is 83.7 Å². The van der Waals surface area contributed by atoms with Gasteiger partial charge >= 0.3 is 0 Å². The average Bonchev–Trinajstić information content (AvgIpc) is 2.34. The number of nitro groups is 1. The van der Waals surface area contributed by atoms with Crippen LogP contribution in [0.2, 0.25) is 0 Å². The quantitative estimate of drug-likeness (QED) is 0.666. The molecule has 20 heavy (non-hydrogen) atoms. The van der Waals surface area contributed by atoms with Crippen molar-refractivity contribution in [1.29, 1.82) is 0 Å². The molecule has 0 heterocycles. The lowest BCUT2D eigenvalue weighted by molar-refractivity contribution is -0.384. The van der Waals surface area contributed by atoms with E-state index in [2.05, 4.69) is 0 Å². The zero-order valence-corrected chi connectivity index (χ0v) is 10.9. The largest absolute Gasteiger partial charge is 0.507 e. The highest BCUT2D eigenvalue weighted by Gasteiger charge is 2.25. The van der Waals surface area contributed by atoms with E-state index in [9.17, 15) is 28.8 Å². The number of carbonyl (C=O) groups excluding carboxylic acids is 1. The van der Waals surface area contributed by atoms with Crippen LogP contribution in [0.4, 0.5) is 14.5 Å². The molecule has 8 heteroatoms. The fraction of sp³-hybridized carbons (Fsp3) is 0.417. The van der Waals surface area contributed by atoms with E-state index in [4.69, 9.17) is 0 Å². The maximum Gasteiger partial charge on any atom is 0.273 e. The Morgan fingerprint density at radius 3 is 2.45 bits per heavy atom. The Kier molecular flexibility index (Phi) is 4.95. The van der Waals surface area contributed by atoms with Crippen molar-refractivity contribution < 1.29 is 23.6 Å². The third kappa shape index (κ3) is 3.62. The van der Waals surface area contributed by atoms with E-state index in [-0.39, 0.29) is 11.3 Å². The summed E-state index contributed by atoms with van der Waals surface area (Å²) in [7, 11) is 0. The van der Waals surface area contributed by atoms with Crippen LogP contribution in [-0.2, 0) is 0 Å². The van der Waals surface area contributed by atoms with E-state index >= 15 is 0 Å². The molecule has 0 fully saturated rings. The number of hydrogen-bond donors (Lipinski definition) is 1. The summed E-state index contributed by atoms with van der Waals surface area (Å²) < 4.78 is 24.9. The molecule has 1 aromatic rings. The fourth-order valence-electron chi connectivity index (χ4n) is 1.65. The van der Waals surface area contributed by atoms with E-state index in [1.54, 1.807) is 13.8 Å². The number of nitro benzene ring substituents is 1.